The van der Waals surface area contributed by atoms with E-state index in [0.29, 0.717) is 5.71 Å². The van der Waals surface area contributed by atoms with Gasteiger partial charge < -0.3 is 11.5 Å². The van der Waals surface area contributed by atoms with E-state index in [1.807, 2.05) is 6.92 Å². The predicted molar refractivity (Wildman–Crippen MR) is 92.1 cm³/mol. The number of guanidine groups is 1. The molecular weight excluding hydrogens is 301 g/mol. The average molecular weight is 319 g/mol. The molecule has 7 heteroatoms. The lowest BCUT2D eigenvalue weighted by Gasteiger charge is -2.23. The molecule has 0 radical (unpaired) electrons. The Bertz CT molecular complexity index is 632. The lowest BCUT2D eigenvalue weighted by atomic mass is 10.1. The summed E-state index contributed by atoms with van der Waals surface area (Å²) in [6, 6.07) is 5.75. The van der Waals surface area contributed by atoms with Crippen molar-refractivity contribution in [2.24, 2.45) is 26.4 Å². The van der Waals surface area contributed by atoms with Crippen molar-refractivity contribution >= 4 is 29.6 Å². The van der Waals surface area contributed by atoms with Crippen molar-refractivity contribution < 1.29 is 4.39 Å². The van der Waals surface area contributed by atoms with Crippen LogP contribution in [0.25, 0.3) is 0 Å². The highest BCUT2D eigenvalue weighted by atomic mass is 32.2. The van der Waals surface area contributed by atoms with E-state index >= 15 is 0 Å². The van der Waals surface area contributed by atoms with E-state index in [1.54, 1.807) is 30.1 Å². The Kier molecular flexibility index (Phi) is 5.32. The Morgan fingerprint density at radius 3 is 2.64 bits per heavy atom. The number of halogens is 1. The van der Waals surface area contributed by atoms with E-state index in [-0.39, 0.29) is 17.8 Å². The summed E-state index contributed by atoms with van der Waals surface area (Å²) in [5, 5.41) is 0. The molecule has 2 atom stereocenters. The summed E-state index contributed by atoms with van der Waals surface area (Å²) in [6.07, 6.45) is 1.09. The minimum atomic E-state index is -0.513. The fourth-order valence-electron chi connectivity index (χ4n) is 2.01. The lowest BCUT2D eigenvalue weighted by molar-refractivity contribution is 0.621. The number of aliphatic imine (C=N–C) groups is 3. The molecule has 0 bridgehead atoms. The van der Waals surface area contributed by atoms with Crippen LogP contribution in [0.5, 0.6) is 0 Å². The maximum absolute atomic E-state index is 13.0. The number of benzene rings is 1. The molecule has 1 aromatic carbocycles. The molecule has 0 fully saturated rings. The quantitative estimate of drug-likeness (QED) is 0.642. The van der Waals surface area contributed by atoms with Crippen molar-refractivity contribution in [1.82, 2.24) is 0 Å². The smallest absolute Gasteiger partial charge is 0.188 e. The van der Waals surface area contributed by atoms with Gasteiger partial charge in [0.05, 0.1) is 5.71 Å². The maximum atomic E-state index is 13.0. The second-order valence-electron chi connectivity index (χ2n) is 4.61. The predicted octanol–water partition coefficient (Wildman–Crippen LogP) is 1.93. The molecule has 0 amide bonds. The molecule has 1 aromatic rings. The zero-order chi connectivity index (χ0) is 16.1. The normalized spacial score (nSPS) is 20.4. The topological polar surface area (TPSA) is 89.1 Å². The summed E-state index contributed by atoms with van der Waals surface area (Å²) in [4.78, 5) is 13.9. The minimum Gasteiger partial charge on any atom is -0.370 e. The molecule has 1 aliphatic heterocycles. The second-order valence-corrected chi connectivity index (χ2v) is 6.00. The van der Waals surface area contributed by atoms with E-state index in [4.69, 9.17) is 11.5 Å². The third-order valence-electron chi connectivity index (χ3n) is 2.99. The highest BCUT2D eigenvalue weighted by molar-refractivity contribution is 8.03. The highest BCUT2D eigenvalue weighted by Crippen LogP contribution is 2.26. The molecular formula is C15H18FN5S. The van der Waals surface area contributed by atoms with Crippen LogP contribution < -0.4 is 11.5 Å². The van der Waals surface area contributed by atoms with Gasteiger partial charge >= 0.3 is 0 Å². The zero-order valence-electron chi connectivity index (χ0n) is 12.2. The van der Waals surface area contributed by atoms with Gasteiger partial charge in [0.15, 0.2) is 12.1 Å². The van der Waals surface area contributed by atoms with Crippen LogP contribution in [0.15, 0.2) is 50.7 Å². The molecule has 0 saturated heterocycles. The van der Waals surface area contributed by atoms with Gasteiger partial charge in [0.1, 0.15) is 11.9 Å². The number of hydrogen-bond donors (Lipinski definition) is 2. The van der Waals surface area contributed by atoms with Crippen LogP contribution in [0.1, 0.15) is 12.5 Å². The number of thioether (sulfide) groups is 1. The summed E-state index contributed by atoms with van der Waals surface area (Å²) < 4.78 is 13.0. The van der Waals surface area contributed by atoms with Gasteiger partial charge in [-0.05, 0) is 30.0 Å². The van der Waals surface area contributed by atoms with E-state index in [1.165, 1.54) is 12.1 Å². The molecule has 2 unspecified atom stereocenters. The van der Waals surface area contributed by atoms with Gasteiger partial charge in [-0.25, -0.2) is 9.38 Å². The Morgan fingerprint density at radius 2 is 2.05 bits per heavy atom. The van der Waals surface area contributed by atoms with Crippen molar-refractivity contribution in [3.05, 3.63) is 47.1 Å². The van der Waals surface area contributed by atoms with Crippen LogP contribution in [0, 0.1) is 5.82 Å². The van der Waals surface area contributed by atoms with Crippen LogP contribution in [-0.2, 0) is 0 Å². The number of rotatable bonds is 5. The van der Waals surface area contributed by atoms with Gasteiger partial charge in [-0.1, -0.05) is 13.5 Å². The van der Waals surface area contributed by atoms with Crippen LogP contribution in [0.3, 0.4) is 0 Å². The molecule has 2 rings (SSSR count). The van der Waals surface area contributed by atoms with Gasteiger partial charge in [0.2, 0.25) is 0 Å². The van der Waals surface area contributed by atoms with Gasteiger partial charge in [0.25, 0.3) is 0 Å². The van der Waals surface area contributed by atoms with Crippen molar-refractivity contribution in [2.45, 2.75) is 19.1 Å². The minimum absolute atomic E-state index is 0.0399. The summed E-state index contributed by atoms with van der Waals surface area (Å²) in [6.45, 7) is 6.07. The van der Waals surface area contributed by atoms with Crippen LogP contribution >= 0.6 is 11.8 Å². The third-order valence-corrected chi connectivity index (χ3v) is 3.89. The van der Waals surface area contributed by atoms with Crippen molar-refractivity contribution in [3.63, 3.8) is 0 Å². The van der Waals surface area contributed by atoms with Gasteiger partial charge in [-0.3, -0.25) is 9.98 Å². The van der Waals surface area contributed by atoms with Crippen LogP contribution in [0.2, 0.25) is 0 Å². The molecule has 0 spiro atoms. The molecule has 0 aliphatic carbocycles. The number of hydrogen-bond acceptors (Lipinski definition) is 4. The number of nitrogens with zero attached hydrogens (tertiary/aromatic N) is 3. The van der Waals surface area contributed by atoms with E-state index < -0.39 is 6.17 Å². The number of nitrogens with two attached hydrogens (primary N) is 2. The molecule has 0 saturated carbocycles. The van der Waals surface area contributed by atoms with Crippen LogP contribution in [0.4, 0.5) is 4.39 Å². The molecule has 5 nitrogen and oxygen atoms in total. The standard InChI is InChI=1S/C15H18FN5S/c1-3-22-9(2)13-14(21-15(17)18)19-8-12(20-13)10-4-6-11(16)7-5-10/h4-8,13-14H,2-3H2,1H3,(H4,17,18,21). The SMILES string of the molecule is C=C(SCC)C1N=C(c2ccc(F)cc2)C=NC1N=C(N)N. The first-order valence-corrected chi connectivity index (χ1v) is 7.77. The molecule has 116 valence electrons. The van der Waals surface area contributed by atoms with E-state index in [9.17, 15) is 4.39 Å². The monoisotopic (exact) mass is 319 g/mol. The highest BCUT2D eigenvalue weighted by Gasteiger charge is 2.26. The second kappa shape index (κ2) is 7.22. The first-order valence-electron chi connectivity index (χ1n) is 6.78. The van der Waals surface area contributed by atoms with E-state index in [0.717, 1.165) is 16.2 Å². The Hall–Kier alpha value is -2.15. The zero-order valence-corrected chi connectivity index (χ0v) is 13.1. The molecule has 0 aromatic heterocycles. The molecule has 4 N–H and O–H groups in total. The van der Waals surface area contributed by atoms with Gasteiger partial charge in [-0.15, -0.1) is 11.8 Å². The fraction of sp³-hybridized carbons (Fsp3) is 0.267. The summed E-state index contributed by atoms with van der Waals surface area (Å²) >= 11 is 1.58. The largest absolute Gasteiger partial charge is 0.370 e. The summed E-state index contributed by atoms with van der Waals surface area (Å²) in [5.74, 6) is 0.537. The maximum Gasteiger partial charge on any atom is 0.188 e. The summed E-state index contributed by atoms with van der Waals surface area (Å²) in [7, 11) is 0. The van der Waals surface area contributed by atoms with Crippen molar-refractivity contribution in [1.29, 1.82) is 0 Å². The Labute approximate surface area is 133 Å². The van der Waals surface area contributed by atoms with Gasteiger partial charge in [-0.2, -0.15) is 0 Å². The summed E-state index contributed by atoms with van der Waals surface area (Å²) in [5.41, 5.74) is 12.3. The molecule has 1 aliphatic rings. The first-order chi connectivity index (χ1) is 10.5. The van der Waals surface area contributed by atoms with Crippen molar-refractivity contribution in [3.8, 4) is 0 Å². The Balaban J connectivity index is 2.33. The Morgan fingerprint density at radius 1 is 1.36 bits per heavy atom. The lowest BCUT2D eigenvalue weighted by Crippen LogP contribution is -2.33. The average Bonchev–Trinajstić information content (AvgIpc) is 2.48. The van der Waals surface area contributed by atoms with E-state index in [2.05, 4.69) is 21.6 Å². The van der Waals surface area contributed by atoms with Crippen LogP contribution in [-0.4, -0.2) is 35.8 Å². The third kappa shape index (κ3) is 3.94. The van der Waals surface area contributed by atoms with Gasteiger partial charge in [0, 0.05) is 16.7 Å². The fourth-order valence-corrected chi connectivity index (χ4v) is 2.73. The first kappa shape index (κ1) is 16.2. The molecule has 1 heterocycles. The van der Waals surface area contributed by atoms with Crippen molar-refractivity contribution in [2.75, 3.05) is 5.75 Å². The molecule has 22 heavy (non-hydrogen) atoms.